The van der Waals surface area contributed by atoms with Crippen molar-refractivity contribution in [3.8, 4) is 17.1 Å². The minimum atomic E-state index is 0. The molecule has 2 heterocycles. The minimum absolute atomic E-state index is 0. The summed E-state index contributed by atoms with van der Waals surface area (Å²) in [6.07, 6.45) is 2.79. The fourth-order valence-corrected chi connectivity index (χ4v) is 3.88. The summed E-state index contributed by atoms with van der Waals surface area (Å²) in [6, 6.07) is 16.7. The van der Waals surface area contributed by atoms with Crippen molar-refractivity contribution >= 4 is 35.6 Å². The van der Waals surface area contributed by atoms with E-state index in [0.29, 0.717) is 18.5 Å². The Kier molecular flexibility index (Phi) is 8.99. The van der Waals surface area contributed by atoms with Crippen molar-refractivity contribution in [2.24, 2.45) is 4.99 Å². The predicted octanol–water partition coefficient (Wildman–Crippen LogP) is 4.61. The molecule has 1 saturated heterocycles. The fraction of sp³-hybridized carbons (Fsp3) is 0.360. The van der Waals surface area contributed by atoms with E-state index in [4.69, 9.17) is 14.1 Å². The van der Waals surface area contributed by atoms with E-state index in [1.807, 2.05) is 30.3 Å². The summed E-state index contributed by atoms with van der Waals surface area (Å²) in [4.78, 5) is 11.4. The van der Waals surface area contributed by atoms with E-state index >= 15 is 0 Å². The Labute approximate surface area is 212 Å². The molecular formula is C25H32IN5O2. The van der Waals surface area contributed by atoms with Crippen LogP contribution in [0.5, 0.6) is 5.75 Å². The summed E-state index contributed by atoms with van der Waals surface area (Å²) in [5.74, 6) is 3.03. The number of aryl methyl sites for hydroxylation is 1. The van der Waals surface area contributed by atoms with Crippen molar-refractivity contribution < 1.29 is 9.15 Å². The largest absolute Gasteiger partial charge is 0.495 e. The summed E-state index contributed by atoms with van der Waals surface area (Å²) in [6.45, 7) is 7.16. The molecule has 0 bridgehead atoms. The predicted molar refractivity (Wildman–Crippen MR) is 144 cm³/mol. The lowest BCUT2D eigenvalue weighted by Crippen LogP contribution is -2.44. The van der Waals surface area contributed by atoms with Crippen molar-refractivity contribution in [3.05, 3.63) is 66.2 Å². The maximum atomic E-state index is 5.91. The van der Waals surface area contributed by atoms with E-state index in [0.717, 1.165) is 54.8 Å². The molecule has 3 aromatic rings. The quantitative estimate of drug-likeness (QED) is 0.250. The number of halogens is 1. The number of ether oxygens (including phenoxy) is 1. The molecule has 2 aromatic carbocycles. The van der Waals surface area contributed by atoms with Gasteiger partial charge in [0.25, 0.3) is 0 Å². The van der Waals surface area contributed by atoms with Crippen molar-refractivity contribution in [3.63, 3.8) is 0 Å². The molecule has 0 saturated carbocycles. The highest BCUT2D eigenvalue weighted by Crippen LogP contribution is 2.30. The molecule has 1 aliphatic heterocycles. The number of guanidine groups is 1. The van der Waals surface area contributed by atoms with Gasteiger partial charge in [-0.15, -0.1) is 24.0 Å². The topological polar surface area (TPSA) is 74.9 Å². The first-order valence-electron chi connectivity index (χ1n) is 11.1. The second kappa shape index (κ2) is 11.9. The maximum Gasteiger partial charge on any atom is 0.216 e. The molecule has 8 heteroatoms. The second-order valence-electron chi connectivity index (χ2n) is 7.93. The molecule has 0 radical (unpaired) electrons. The number of para-hydroxylation sites is 2. The first-order chi connectivity index (χ1) is 15.7. The molecule has 0 aliphatic carbocycles. The Bertz CT molecular complexity index is 1050. The number of anilines is 1. The third-order valence-corrected chi connectivity index (χ3v) is 5.56. The SMILES string of the molecule is CCNC(=NCc1ncc(-c2ccc(C)cc2)o1)NC1CCN(c2ccccc2OC)C1.I. The highest BCUT2D eigenvalue weighted by Gasteiger charge is 2.25. The monoisotopic (exact) mass is 561 g/mol. The van der Waals surface area contributed by atoms with Gasteiger partial charge in [-0.25, -0.2) is 9.98 Å². The molecule has 2 N–H and O–H groups in total. The molecule has 0 spiro atoms. The molecule has 4 rings (SSSR count). The molecule has 0 amide bonds. The molecule has 1 fully saturated rings. The van der Waals surface area contributed by atoms with Crippen LogP contribution in [0.4, 0.5) is 5.69 Å². The highest BCUT2D eigenvalue weighted by atomic mass is 127. The molecule has 176 valence electrons. The Hall–Kier alpha value is -2.75. The van der Waals surface area contributed by atoms with Gasteiger partial charge < -0.3 is 24.7 Å². The number of aliphatic imine (C=N–C) groups is 1. The van der Waals surface area contributed by atoms with Crippen LogP contribution in [0.15, 0.2) is 64.1 Å². The van der Waals surface area contributed by atoms with Crippen LogP contribution in [0.2, 0.25) is 0 Å². The van der Waals surface area contributed by atoms with Gasteiger partial charge in [-0.1, -0.05) is 42.0 Å². The van der Waals surface area contributed by atoms with Crippen LogP contribution in [0, 0.1) is 6.92 Å². The fourth-order valence-electron chi connectivity index (χ4n) is 3.88. The van der Waals surface area contributed by atoms with Crippen LogP contribution < -0.4 is 20.3 Å². The normalized spacial score (nSPS) is 15.8. The summed E-state index contributed by atoms with van der Waals surface area (Å²) in [7, 11) is 1.72. The maximum absolute atomic E-state index is 5.91. The molecular weight excluding hydrogens is 529 g/mol. The lowest BCUT2D eigenvalue weighted by Gasteiger charge is -2.22. The summed E-state index contributed by atoms with van der Waals surface area (Å²) in [5, 5.41) is 6.88. The van der Waals surface area contributed by atoms with E-state index in [-0.39, 0.29) is 24.0 Å². The zero-order valence-corrected chi connectivity index (χ0v) is 21.7. The first kappa shape index (κ1) is 24.9. The number of aromatic nitrogens is 1. The zero-order chi connectivity index (χ0) is 22.3. The van der Waals surface area contributed by atoms with Crippen LogP contribution in [-0.4, -0.2) is 43.7 Å². The zero-order valence-electron chi connectivity index (χ0n) is 19.4. The summed E-state index contributed by atoms with van der Waals surface area (Å²) >= 11 is 0. The number of hydrogen-bond acceptors (Lipinski definition) is 5. The third-order valence-electron chi connectivity index (χ3n) is 5.56. The lowest BCUT2D eigenvalue weighted by molar-refractivity contribution is 0.415. The van der Waals surface area contributed by atoms with Gasteiger partial charge in [-0.05, 0) is 32.4 Å². The number of benzene rings is 2. The van der Waals surface area contributed by atoms with Gasteiger partial charge in [0.2, 0.25) is 5.89 Å². The summed E-state index contributed by atoms with van der Waals surface area (Å²) < 4.78 is 11.4. The minimum Gasteiger partial charge on any atom is -0.495 e. The Morgan fingerprint density at radius 1 is 1.21 bits per heavy atom. The average Bonchev–Trinajstić information content (AvgIpc) is 3.48. The average molecular weight is 561 g/mol. The van der Waals surface area contributed by atoms with Crippen LogP contribution in [0.25, 0.3) is 11.3 Å². The number of rotatable bonds is 7. The van der Waals surface area contributed by atoms with Gasteiger partial charge in [0.1, 0.15) is 12.3 Å². The molecule has 1 aliphatic rings. The lowest BCUT2D eigenvalue weighted by atomic mass is 10.1. The molecule has 1 aromatic heterocycles. The van der Waals surface area contributed by atoms with Crippen LogP contribution in [0.3, 0.4) is 0 Å². The number of oxazole rings is 1. The van der Waals surface area contributed by atoms with Gasteiger partial charge in [0, 0.05) is 31.2 Å². The van der Waals surface area contributed by atoms with Gasteiger partial charge in [0.05, 0.1) is 19.0 Å². The van der Waals surface area contributed by atoms with Gasteiger partial charge in [0.15, 0.2) is 11.7 Å². The highest BCUT2D eigenvalue weighted by molar-refractivity contribution is 14.0. The standard InChI is InChI=1S/C25H31N5O2.HI/c1-4-26-25(28-16-24-27-15-23(32-24)19-11-9-18(2)10-12-19)29-20-13-14-30(17-20)21-7-5-6-8-22(21)31-3;/h5-12,15,20H,4,13-14,16-17H2,1-3H3,(H2,26,28,29);1H. The molecule has 1 unspecified atom stereocenters. The summed E-state index contributed by atoms with van der Waals surface area (Å²) in [5.41, 5.74) is 3.37. The van der Waals surface area contributed by atoms with Crippen molar-refractivity contribution in [2.45, 2.75) is 32.9 Å². The van der Waals surface area contributed by atoms with E-state index < -0.39 is 0 Å². The Morgan fingerprint density at radius 3 is 2.76 bits per heavy atom. The number of hydrogen-bond donors (Lipinski definition) is 2. The van der Waals surface area contributed by atoms with Crippen LogP contribution in [-0.2, 0) is 6.54 Å². The second-order valence-corrected chi connectivity index (χ2v) is 7.93. The van der Waals surface area contributed by atoms with E-state index in [1.165, 1.54) is 5.56 Å². The number of methoxy groups -OCH3 is 1. The van der Waals surface area contributed by atoms with Crippen LogP contribution >= 0.6 is 24.0 Å². The van der Waals surface area contributed by atoms with Gasteiger partial charge in [-0.3, -0.25) is 0 Å². The van der Waals surface area contributed by atoms with Gasteiger partial charge >= 0.3 is 0 Å². The van der Waals surface area contributed by atoms with Crippen molar-refractivity contribution in [1.29, 1.82) is 0 Å². The van der Waals surface area contributed by atoms with Crippen LogP contribution in [0.1, 0.15) is 24.8 Å². The van der Waals surface area contributed by atoms with E-state index in [9.17, 15) is 0 Å². The van der Waals surface area contributed by atoms with Crippen molar-refractivity contribution in [2.75, 3.05) is 31.6 Å². The van der Waals surface area contributed by atoms with Gasteiger partial charge in [-0.2, -0.15) is 0 Å². The van der Waals surface area contributed by atoms with E-state index in [2.05, 4.69) is 52.6 Å². The van der Waals surface area contributed by atoms with E-state index in [1.54, 1.807) is 13.3 Å². The number of nitrogens with one attached hydrogen (secondary N) is 2. The van der Waals surface area contributed by atoms with Crippen molar-refractivity contribution in [1.82, 2.24) is 15.6 Å². The number of nitrogens with zero attached hydrogens (tertiary/aromatic N) is 3. The third kappa shape index (κ3) is 6.40. The Balaban J connectivity index is 0.00000306. The molecule has 7 nitrogen and oxygen atoms in total. The molecule has 1 atom stereocenters. The smallest absolute Gasteiger partial charge is 0.216 e. The Morgan fingerprint density at radius 2 is 2.00 bits per heavy atom. The first-order valence-corrected chi connectivity index (χ1v) is 11.1. The molecule has 33 heavy (non-hydrogen) atoms.